The molecule has 1 aromatic rings. The number of benzene rings is 1. The molecule has 2 rings (SSSR count). The van der Waals surface area contributed by atoms with E-state index in [1.54, 1.807) is 0 Å². The molecule has 0 aliphatic carbocycles. The van der Waals surface area contributed by atoms with E-state index in [-0.39, 0.29) is 6.10 Å². The molecule has 1 fully saturated rings. The van der Waals surface area contributed by atoms with Crippen LogP contribution in [0.1, 0.15) is 25.8 Å². The Hall–Kier alpha value is -0.250. The molecule has 100 valence electrons. The van der Waals surface area contributed by atoms with Gasteiger partial charge in [0.1, 0.15) is 0 Å². The van der Waals surface area contributed by atoms with Crippen molar-refractivity contribution in [2.75, 3.05) is 18.1 Å². The Morgan fingerprint density at radius 3 is 2.94 bits per heavy atom. The molecule has 1 heterocycles. The third-order valence-corrected chi connectivity index (χ3v) is 4.22. The maximum Gasteiger partial charge on any atom is 0.0723 e. The van der Waals surface area contributed by atoms with Crippen LogP contribution >= 0.6 is 27.5 Å². The minimum Gasteiger partial charge on any atom is -0.375 e. The normalized spacial score (nSPS) is 24.3. The van der Waals surface area contributed by atoms with Gasteiger partial charge in [-0.3, -0.25) is 0 Å². The average Bonchev–Trinajstić information content (AvgIpc) is 2.38. The van der Waals surface area contributed by atoms with Gasteiger partial charge in [-0.1, -0.05) is 28.9 Å². The Labute approximate surface area is 122 Å². The SMILES string of the molecule is CCC1COC(C)CN1c1cc(Br)ccc1CCl. The molecule has 1 saturated heterocycles. The van der Waals surface area contributed by atoms with E-state index in [9.17, 15) is 0 Å². The molecular formula is C14H19BrClNO. The summed E-state index contributed by atoms with van der Waals surface area (Å²) < 4.78 is 6.85. The van der Waals surface area contributed by atoms with E-state index in [1.165, 1.54) is 11.3 Å². The molecular weight excluding hydrogens is 314 g/mol. The third-order valence-electron chi connectivity index (χ3n) is 3.44. The number of nitrogens with zero attached hydrogens (tertiary/aromatic N) is 1. The molecule has 2 nitrogen and oxygen atoms in total. The Balaban J connectivity index is 2.34. The summed E-state index contributed by atoms with van der Waals surface area (Å²) in [7, 11) is 0. The number of halogens is 2. The molecule has 0 saturated carbocycles. The minimum absolute atomic E-state index is 0.273. The minimum atomic E-state index is 0.273. The van der Waals surface area contributed by atoms with Crippen molar-refractivity contribution in [2.45, 2.75) is 38.3 Å². The number of rotatable bonds is 3. The van der Waals surface area contributed by atoms with Gasteiger partial charge < -0.3 is 9.64 Å². The molecule has 1 aliphatic rings. The maximum absolute atomic E-state index is 6.06. The van der Waals surface area contributed by atoms with Gasteiger partial charge in [-0.2, -0.15) is 0 Å². The van der Waals surface area contributed by atoms with Crippen LogP contribution in [0, 0.1) is 0 Å². The van der Waals surface area contributed by atoms with Gasteiger partial charge in [-0.15, -0.1) is 11.6 Å². The van der Waals surface area contributed by atoms with Crippen LogP contribution in [-0.2, 0) is 10.6 Å². The Morgan fingerprint density at radius 2 is 2.28 bits per heavy atom. The van der Waals surface area contributed by atoms with Gasteiger partial charge in [-0.25, -0.2) is 0 Å². The Kier molecular flexibility index (Phi) is 4.93. The lowest BCUT2D eigenvalue weighted by molar-refractivity contribution is 0.0299. The van der Waals surface area contributed by atoms with Gasteiger partial charge in [0.25, 0.3) is 0 Å². The van der Waals surface area contributed by atoms with Crippen molar-refractivity contribution in [3.8, 4) is 0 Å². The predicted octanol–water partition coefficient (Wildman–Crippen LogP) is 4.19. The van der Waals surface area contributed by atoms with Gasteiger partial charge in [0.2, 0.25) is 0 Å². The summed E-state index contributed by atoms with van der Waals surface area (Å²) in [5, 5.41) is 0. The first-order valence-corrected chi connectivity index (χ1v) is 7.71. The number of anilines is 1. The summed E-state index contributed by atoms with van der Waals surface area (Å²) in [6, 6.07) is 6.75. The molecule has 0 spiro atoms. The zero-order chi connectivity index (χ0) is 13.1. The first-order valence-electron chi connectivity index (χ1n) is 6.38. The van der Waals surface area contributed by atoms with E-state index < -0.39 is 0 Å². The molecule has 1 aromatic carbocycles. The largest absolute Gasteiger partial charge is 0.375 e. The molecule has 2 atom stereocenters. The van der Waals surface area contributed by atoms with Crippen LogP contribution in [0.3, 0.4) is 0 Å². The van der Waals surface area contributed by atoms with Crippen LogP contribution in [0.15, 0.2) is 22.7 Å². The van der Waals surface area contributed by atoms with E-state index in [4.69, 9.17) is 16.3 Å². The monoisotopic (exact) mass is 331 g/mol. The Morgan fingerprint density at radius 1 is 1.50 bits per heavy atom. The van der Waals surface area contributed by atoms with Crippen molar-refractivity contribution < 1.29 is 4.74 Å². The predicted molar refractivity (Wildman–Crippen MR) is 80.5 cm³/mol. The lowest BCUT2D eigenvalue weighted by Crippen LogP contribution is -2.49. The van der Waals surface area contributed by atoms with Gasteiger partial charge in [-0.05, 0) is 31.0 Å². The second-order valence-electron chi connectivity index (χ2n) is 4.77. The maximum atomic E-state index is 6.06. The number of ether oxygens (including phenoxy) is 1. The molecule has 4 heteroatoms. The fraction of sp³-hybridized carbons (Fsp3) is 0.571. The summed E-state index contributed by atoms with van der Waals surface area (Å²) in [4.78, 5) is 2.44. The molecule has 2 unspecified atom stereocenters. The van der Waals surface area contributed by atoms with Gasteiger partial charge in [0.15, 0.2) is 0 Å². The zero-order valence-corrected chi connectivity index (χ0v) is 13.2. The fourth-order valence-electron chi connectivity index (χ4n) is 2.39. The zero-order valence-electron chi connectivity index (χ0n) is 10.8. The van der Waals surface area contributed by atoms with E-state index in [2.05, 4.69) is 46.8 Å². The van der Waals surface area contributed by atoms with Crippen LogP contribution in [0.4, 0.5) is 5.69 Å². The number of morpholine rings is 1. The van der Waals surface area contributed by atoms with Gasteiger partial charge in [0, 0.05) is 22.6 Å². The highest BCUT2D eigenvalue weighted by atomic mass is 79.9. The third kappa shape index (κ3) is 3.01. The average molecular weight is 333 g/mol. The van der Waals surface area contributed by atoms with Crippen molar-refractivity contribution in [1.82, 2.24) is 0 Å². The van der Waals surface area contributed by atoms with Crippen LogP contribution in [-0.4, -0.2) is 25.3 Å². The van der Waals surface area contributed by atoms with Crippen molar-refractivity contribution in [2.24, 2.45) is 0 Å². The molecule has 0 aromatic heterocycles. The lowest BCUT2D eigenvalue weighted by atomic mass is 10.1. The van der Waals surface area contributed by atoms with E-state index in [0.29, 0.717) is 11.9 Å². The fourth-order valence-corrected chi connectivity index (χ4v) is 2.97. The van der Waals surface area contributed by atoms with Crippen LogP contribution in [0.25, 0.3) is 0 Å². The smallest absolute Gasteiger partial charge is 0.0723 e. The van der Waals surface area contributed by atoms with Crippen molar-refractivity contribution in [3.05, 3.63) is 28.2 Å². The topological polar surface area (TPSA) is 12.5 Å². The number of hydrogen-bond donors (Lipinski definition) is 0. The van der Waals surface area contributed by atoms with Crippen LogP contribution < -0.4 is 4.90 Å². The van der Waals surface area contributed by atoms with E-state index in [0.717, 1.165) is 24.0 Å². The molecule has 0 radical (unpaired) electrons. The highest BCUT2D eigenvalue weighted by Gasteiger charge is 2.27. The molecule has 0 amide bonds. The highest BCUT2D eigenvalue weighted by molar-refractivity contribution is 9.10. The summed E-state index contributed by atoms with van der Waals surface area (Å²) in [6.07, 6.45) is 1.36. The molecule has 18 heavy (non-hydrogen) atoms. The first-order chi connectivity index (χ1) is 8.65. The van der Waals surface area contributed by atoms with Gasteiger partial charge >= 0.3 is 0 Å². The van der Waals surface area contributed by atoms with Crippen molar-refractivity contribution in [1.29, 1.82) is 0 Å². The second kappa shape index (κ2) is 6.27. The standard InChI is InChI=1S/C14H19BrClNO/c1-3-13-9-18-10(2)8-17(13)14-6-12(15)5-4-11(14)7-16/h4-6,10,13H,3,7-9H2,1-2H3. The number of hydrogen-bond acceptors (Lipinski definition) is 2. The molecule has 0 bridgehead atoms. The molecule has 1 aliphatic heterocycles. The van der Waals surface area contributed by atoms with Gasteiger partial charge in [0.05, 0.1) is 18.8 Å². The van der Waals surface area contributed by atoms with Crippen LogP contribution in [0.5, 0.6) is 0 Å². The highest BCUT2D eigenvalue weighted by Crippen LogP contribution is 2.30. The molecule has 0 N–H and O–H groups in total. The lowest BCUT2D eigenvalue weighted by Gasteiger charge is -2.41. The van der Waals surface area contributed by atoms with E-state index >= 15 is 0 Å². The summed E-state index contributed by atoms with van der Waals surface area (Å²) in [5.41, 5.74) is 2.42. The quantitative estimate of drug-likeness (QED) is 0.770. The first kappa shape index (κ1) is 14.2. The van der Waals surface area contributed by atoms with Crippen molar-refractivity contribution >= 4 is 33.2 Å². The van der Waals surface area contributed by atoms with E-state index in [1.807, 2.05) is 6.07 Å². The Bertz CT molecular complexity index is 413. The second-order valence-corrected chi connectivity index (χ2v) is 5.95. The summed E-state index contributed by atoms with van der Waals surface area (Å²) in [5.74, 6) is 0.546. The summed E-state index contributed by atoms with van der Waals surface area (Å²) in [6.45, 7) is 6.05. The van der Waals surface area contributed by atoms with Crippen LogP contribution in [0.2, 0.25) is 0 Å². The summed E-state index contributed by atoms with van der Waals surface area (Å²) >= 11 is 9.61. The van der Waals surface area contributed by atoms with Crippen molar-refractivity contribution in [3.63, 3.8) is 0 Å². The number of alkyl halides is 1.